The van der Waals surface area contributed by atoms with E-state index in [9.17, 15) is 24.5 Å². The molecule has 0 bridgehead atoms. The number of anilines is 1. The predicted molar refractivity (Wildman–Crippen MR) is 122 cm³/mol. The maximum Gasteiger partial charge on any atom is 0.358 e. The maximum absolute atomic E-state index is 13.5. The number of benzene rings is 2. The van der Waals surface area contributed by atoms with Crippen LogP contribution in [-0.2, 0) is 14.3 Å². The van der Waals surface area contributed by atoms with Crippen molar-refractivity contribution in [2.45, 2.75) is 19.4 Å². The van der Waals surface area contributed by atoms with E-state index in [-0.39, 0.29) is 31.8 Å². The molecule has 0 radical (unpaired) electrons. The van der Waals surface area contributed by atoms with Crippen molar-refractivity contribution in [1.82, 2.24) is 9.88 Å². The highest BCUT2D eigenvalue weighted by atomic mass is 16.6. The number of hydrogen-bond donors (Lipinski definition) is 1. The van der Waals surface area contributed by atoms with Crippen molar-refractivity contribution < 1.29 is 19.2 Å². The van der Waals surface area contributed by atoms with E-state index >= 15 is 0 Å². The van der Waals surface area contributed by atoms with Gasteiger partial charge in [-0.1, -0.05) is 36.4 Å². The average molecular weight is 450 g/mol. The van der Waals surface area contributed by atoms with Crippen LogP contribution in [-0.4, -0.2) is 47.1 Å². The molecule has 1 aliphatic heterocycles. The zero-order valence-corrected chi connectivity index (χ0v) is 17.9. The maximum atomic E-state index is 13.5. The quantitative estimate of drug-likeness (QED) is 0.347. The molecule has 2 heterocycles. The minimum atomic E-state index is -1.05. The fourth-order valence-corrected chi connectivity index (χ4v) is 4.16. The van der Waals surface area contributed by atoms with Crippen LogP contribution in [0.3, 0.4) is 0 Å². The Hall–Kier alpha value is -4.21. The van der Waals surface area contributed by atoms with Crippen LogP contribution in [0.15, 0.2) is 59.4 Å². The van der Waals surface area contributed by atoms with Gasteiger partial charge in [0.25, 0.3) is 0 Å². The number of carbonyl (C=O) groups excluding carboxylic acids is 2. The van der Waals surface area contributed by atoms with Gasteiger partial charge < -0.3 is 15.0 Å². The van der Waals surface area contributed by atoms with Gasteiger partial charge in [-0.3, -0.25) is 29.1 Å². The van der Waals surface area contributed by atoms with E-state index in [0.29, 0.717) is 16.6 Å². The highest BCUT2D eigenvalue weighted by molar-refractivity contribution is 6.01. The summed E-state index contributed by atoms with van der Waals surface area (Å²) in [5.74, 6) is -1.06. The lowest BCUT2D eigenvalue weighted by Gasteiger charge is -2.36. The van der Waals surface area contributed by atoms with Crippen LogP contribution in [0.25, 0.3) is 16.6 Å². The zero-order valence-electron chi connectivity index (χ0n) is 17.9. The molecule has 0 saturated carbocycles. The molecule has 10 heteroatoms. The van der Waals surface area contributed by atoms with Crippen LogP contribution in [0.4, 0.5) is 11.4 Å². The van der Waals surface area contributed by atoms with Crippen molar-refractivity contribution in [2.24, 2.45) is 0 Å². The SMILES string of the molecule is CCOC(=O)CC1C(=O)NCCN1c1c([N+](=O)[O-])c(=O)n(-c2ccccc2)c2ccccc12. The molecule has 170 valence electrons. The number of pyridine rings is 1. The first-order valence-electron chi connectivity index (χ1n) is 10.5. The molecule has 1 saturated heterocycles. The molecule has 2 aromatic carbocycles. The van der Waals surface area contributed by atoms with Crippen molar-refractivity contribution in [2.75, 3.05) is 24.6 Å². The summed E-state index contributed by atoms with van der Waals surface area (Å²) < 4.78 is 6.29. The summed E-state index contributed by atoms with van der Waals surface area (Å²) >= 11 is 0. The molecule has 1 unspecified atom stereocenters. The molecular weight excluding hydrogens is 428 g/mol. The number of fused-ring (bicyclic) bond motifs is 1. The molecule has 1 aliphatic rings. The van der Waals surface area contributed by atoms with Gasteiger partial charge in [0.05, 0.1) is 23.5 Å². The molecular formula is C23H22N4O6. The van der Waals surface area contributed by atoms with Crippen LogP contribution >= 0.6 is 0 Å². The smallest absolute Gasteiger partial charge is 0.358 e. The molecule has 0 aliphatic carbocycles. The minimum Gasteiger partial charge on any atom is -0.466 e. The third kappa shape index (κ3) is 4.02. The largest absolute Gasteiger partial charge is 0.466 e. The van der Waals surface area contributed by atoms with Crippen LogP contribution < -0.4 is 15.8 Å². The summed E-state index contributed by atoms with van der Waals surface area (Å²) in [5.41, 5.74) is -0.512. The zero-order chi connectivity index (χ0) is 23.5. The Morgan fingerprint density at radius 3 is 2.55 bits per heavy atom. The number of rotatable bonds is 6. The number of hydrogen-bond acceptors (Lipinski definition) is 7. The van der Waals surface area contributed by atoms with E-state index in [0.717, 1.165) is 0 Å². The van der Waals surface area contributed by atoms with Crippen LogP contribution in [0.2, 0.25) is 0 Å². The third-order valence-corrected chi connectivity index (χ3v) is 5.51. The van der Waals surface area contributed by atoms with Crippen molar-refractivity contribution in [3.8, 4) is 5.69 Å². The van der Waals surface area contributed by atoms with Gasteiger partial charge in [0.1, 0.15) is 11.7 Å². The Bertz CT molecular complexity index is 1290. The number of nitrogens with zero attached hydrogens (tertiary/aromatic N) is 3. The standard InChI is InChI=1S/C23H22N4O6/c1-2-33-19(28)14-18-22(29)24-12-13-25(18)20-16-10-6-7-11-17(16)26(15-8-4-3-5-9-15)23(30)21(20)27(31)32/h3-11,18H,2,12-14H2,1H3,(H,24,29). The Morgan fingerprint density at radius 2 is 1.85 bits per heavy atom. The van der Waals surface area contributed by atoms with Gasteiger partial charge >= 0.3 is 17.2 Å². The van der Waals surface area contributed by atoms with Gasteiger partial charge in [0.2, 0.25) is 5.91 Å². The molecule has 0 spiro atoms. The first kappa shape index (κ1) is 22.0. The van der Waals surface area contributed by atoms with E-state index in [1.54, 1.807) is 61.5 Å². The molecule has 10 nitrogen and oxygen atoms in total. The lowest BCUT2D eigenvalue weighted by molar-refractivity contribution is -0.385. The van der Waals surface area contributed by atoms with Crippen molar-refractivity contribution in [3.05, 3.63) is 75.1 Å². The monoisotopic (exact) mass is 450 g/mol. The summed E-state index contributed by atoms with van der Waals surface area (Å²) in [7, 11) is 0. The Balaban J connectivity index is 2.00. The number of piperazine rings is 1. The van der Waals surface area contributed by atoms with Gasteiger partial charge in [-0.25, -0.2) is 0 Å². The van der Waals surface area contributed by atoms with Gasteiger partial charge in [0.15, 0.2) is 0 Å². The van der Waals surface area contributed by atoms with Gasteiger partial charge in [-0.2, -0.15) is 0 Å². The highest BCUT2D eigenvalue weighted by Crippen LogP contribution is 2.36. The predicted octanol–water partition coefficient (Wildman–Crippen LogP) is 2.16. The highest BCUT2D eigenvalue weighted by Gasteiger charge is 2.38. The number of aromatic nitrogens is 1. The topological polar surface area (TPSA) is 124 Å². The number of para-hydroxylation sites is 2. The Labute approximate surface area is 188 Å². The van der Waals surface area contributed by atoms with E-state index in [2.05, 4.69) is 5.32 Å². The first-order chi connectivity index (χ1) is 15.9. The van der Waals surface area contributed by atoms with Crippen molar-refractivity contribution in [3.63, 3.8) is 0 Å². The van der Waals surface area contributed by atoms with Gasteiger partial charge in [-0.15, -0.1) is 0 Å². The molecule has 1 fully saturated rings. The lowest BCUT2D eigenvalue weighted by atomic mass is 10.0. The van der Waals surface area contributed by atoms with E-state index in [1.807, 2.05) is 0 Å². The second-order valence-corrected chi connectivity index (χ2v) is 7.46. The number of nitrogens with one attached hydrogen (secondary N) is 1. The van der Waals surface area contributed by atoms with Gasteiger partial charge in [-0.05, 0) is 25.1 Å². The molecule has 3 aromatic rings. The molecule has 1 amide bonds. The fraction of sp³-hybridized carbons (Fsp3) is 0.261. The summed E-state index contributed by atoms with van der Waals surface area (Å²) in [5, 5.41) is 15.3. The normalized spacial score (nSPS) is 15.8. The summed E-state index contributed by atoms with van der Waals surface area (Å²) in [6, 6.07) is 14.4. The fourth-order valence-electron chi connectivity index (χ4n) is 4.16. The molecule has 1 aromatic heterocycles. The number of nitro groups is 1. The Kier molecular flexibility index (Phi) is 6.07. The van der Waals surface area contributed by atoms with E-state index in [4.69, 9.17) is 4.74 Å². The summed E-state index contributed by atoms with van der Waals surface area (Å²) in [6.45, 7) is 2.20. The number of esters is 1. The van der Waals surface area contributed by atoms with E-state index < -0.39 is 34.1 Å². The third-order valence-electron chi connectivity index (χ3n) is 5.51. The summed E-state index contributed by atoms with van der Waals surface area (Å²) in [6.07, 6.45) is -0.299. The average Bonchev–Trinajstić information content (AvgIpc) is 2.80. The molecule has 4 rings (SSSR count). The molecule has 33 heavy (non-hydrogen) atoms. The Morgan fingerprint density at radius 1 is 1.15 bits per heavy atom. The van der Waals surface area contributed by atoms with Gasteiger partial charge in [0, 0.05) is 24.2 Å². The molecule has 1 N–H and O–H groups in total. The minimum absolute atomic E-state index is 0.0249. The van der Waals surface area contributed by atoms with E-state index in [1.165, 1.54) is 9.47 Å². The van der Waals surface area contributed by atoms with Crippen molar-refractivity contribution >= 4 is 34.2 Å². The van der Waals surface area contributed by atoms with Crippen LogP contribution in [0, 0.1) is 10.1 Å². The first-order valence-corrected chi connectivity index (χ1v) is 10.5. The second kappa shape index (κ2) is 9.11. The second-order valence-electron chi connectivity index (χ2n) is 7.46. The van der Waals surface area contributed by atoms with Crippen molar-refractivity contribution in [1.29, 1.82) is 0 Å². The number of amides is 1. The lowest BCUT2D eigenvalue weighted by Crippen LogP contribution is -2.56. The summed E-state index contributed by atoms with van der Waals surface area (Å²) in [4.78, 5) is 51.3. The van der Waals surface area contributed by atoms with Crippen LogP contribution in [0.5, 0.6) is 0 Å². The molecule has 1 atom stereocenters. The van der Waals surface area contributed by atoms with Crippen LogP contribution in [0.1, 0.15) is 13.3 Å². The number of carbonyl (C=O) groups is 2. The number of ether oxygens (including phenoxy) is 1.